The van der Waals surface area contributed by atoms with Crippen LogP contribution >= 0.6 is 23.2 Å². The molecule has 1 aliphatic heterocycles. The molecule has 8 heteroatoms. The number of H-pyrrole nitrogens is 1. The van der Waals surface area contributed by atoms with Crippen LogP contribution in [0.4, 0.5) is 5.82 Å². The molecule has 1 amide bonds. The molecular weight excluding hydrogens is 397 g/mol. The fourth-order valence-electron chi connectivity index (χ4n) is 3.56. The highest BCUT2D eigenvalue weighted by Gasteiger charge is 2.19. The van der Waals surface area contributed by atoms with Gasteiger partial charge in [-0.1, -0.05) is 29.3 Å². The lowest BCUT2D eigenvalue weighted by Crippen LogP contribution is -2.31. The van der Waals surface area contributed by atoms with Gasteiger partial charge in [0.05, 0.1) is 21.8 Å². The van der Waals surface area contributed by atoms with Crippen molar-refractivity contribution in [3.8, 4) is 11.1 Å². The van der Waals surface area contributed by atoms with Crippen LogP contribution in [0, 0.1) is 0 Å². The van der Waals surface area contributed by atoms with E-state index in [1.807, 2.05) is 35.2 Å². The van der Waals surface area contributed by atoms with Crippen molar-refractivity contribution in [2.24, 2.45) is 0 Å². The largest absolute Gasteiger partial charge is 0.359 e. The minimum Gasteiger partial charge on any atom is -0.359 e. The SMILES string of the molecule is CN(CCC(=O)N1CCCC1)c1cc(-c2cn[nH]c2)c2ccc(Cl)c(Cl)c2n1. The van der Waals surface area contributed by atoms with Gasteiger partial charge in [-0.2, -0.15) is 5.10 Å². The maximum Gasteiger partial charge on any atom is 0.224 e. The molecule has 0 unspecified atom stereocenters. The van der Waals surface area contributed by atoms with Gasteiger partial charge in [-0.25, -0.2) is 4.98 Å². The second-order valence-electron chi connectivity index (χ2n) is 7.03. The van der Waals surface area contributed by atoms with Gasteiger partial charge in [-0.15, -0.1) is 0 Å². The molecule has 1 fully saturated rings. The molecule has 0 bridgehead atoms. The van der Waals surface area contributed by atoms with E-state index < -0.39 is 0 Å². The van der Waals surface area contributed by atoms with E-state index in [0.29, 0.717) is 28.5 Å². The second kappa shape index (κ2) is 7.97. The normalized spacial score (nSPS) is 14.0. The topological polar surface area (TPSA) is 65.1 Å². The highest BCUT2D eigenvalue weighted by molar-refractivity contribution is 6.45. The number of halogens is 2. The number of nitrogens with zero attached hydrogens (tertiary/aromatic N) is 4. The van der Waals surface area contributed by atoms with Gasteiger partial charge in [-0.05, 0) is 30.5 Å². The van der Waals surface area contributed by atoms with E-state index in [0.717, 1.165) is 48.3 Å². The predicted molar refractivity (Wildman–Crippen MR) is 113 cm³/mol. The smallest absolute Gasteiger partial charge is 0.224 e. The van der Waals surface area contributed by atoms with Crippen LogP contribution in [0.15, 0.2) is 30.6 Å². The Labute approximate surface area is 173 Å². The second-order valence-corrected chi connectivity index (χ2v) is 7.82. The van der Waals surface area contributed by atoms with E-state index in [-0.39, 0.29) is 5.91 Å². The molecule has 28 heavy (non-hydrogen) atoms. The molecule has 1 aliphatic rings. The number of nitrogens with one attached hydrogen (secondary N) is 1. The highest BCUT2D eigenvalue weighted by Crippen LogP contribution is 2.37. The minimum atomic E-state index is 0.196. The number of benzene rings is 1. The molecule has 146 valence electrons. The maximum absolute atomic E-state index is 12.4. The van der Waals surface area contributed by atoms with Crippen molar-refractivity contribution in [2.75, 3.05) is 31.6 Å². The van der Waals surface area contributed by atoms with E-state index in [9.17, 15) is 4.79 Å². The summed E-state index contributed by atoms with van der Waals surface area (Å²) >= 11 is 12.7. The van der Waals surface area contributed by atoms with E-state index in [1.54, 1.807) is 12.3 Å². The van der Waals surface area contributed by atoms with Crippen molar-refractivity contribution in [2.45, 2.75) is 19.3 Å². The first kappa shape index (κ1) is 19.0. The average Bonchev–Trinajstić information content (AvgIpc) is 3.42. The third-order valence-corrected chi connectivity index (χ3v) is 5.97. The number of aromatic nitrogens is 3. The Kier molecular flexibility index (Phi) is 5.42. The number of carbonyl (C=O) groups excluding carboxylic acids is 1. The average molecular weight is 418 g/mol. The molecular formula is C20H21Cl2N5O. The fraction of sp³-hybridized carbons (Fsp3) is 0.350. The van der Waals surface area contributed by atoms with Gasteiger partial charge in [0.25, 0.3) is 0 Å². The number of fused-ring (bicyclic) bond motifs is 1. The number of hydrogen-bond donors (Lipinski definition) is 1. The Morgan fingerprint density at radius 2 is 2.07 bits per heavy atom. The first-order valence-electron chi connectivity index (χ1n) is 9.31. The molecule has 0 aliphatic carbocycles. The molecule has 1 N–H and O–H groups in total. The summed E-state index contributed by atoms with van der Waals surface area (Å²) < 4.78 is 0. The van der Waals surface area contributed by atoms with Crippen LogP contribution in [0.5, 0.6) is 0 Å². The lowest BCUT2D eigenvalue weighted by atomic mass is 10.0. The summed E-state index contributed by atoms with van der Waals surface area (Å²) in [6.07, 6.45) is 6.25. The van der Waals surface area contributed by atoms with Crippen molar-refractivity contribution in [1.29, 1.82) is 0 Å². The summed E-state index contributed by atoms with van der Waals surface area (Å²) in [4.78, 5) is 21.0. The zero-order chi connectivity index (χ0) is 19.7. The maximum atomic E-state index is 12.4. The Balaban J connectivity index is 1.66. The van der Waals surface area contributed by atoms with Crippen molar-refractivity contribution in [1.82, 2.24) is 20.1 Å². The first-order chi connectivity index (χ1) is 13.5. The van der Waals surface area contributed by atoms with Crippen LogP contribution in [-0.2, 0) is 4.79 Å². The predicted octanol–water partition coefficient (Wildman–Crippen LogP) is 4.38. The molecule has 1 saturated heterocycles. The molecule has 1 aromatic carbocycles. The van der Waals surface area contributed by atoms with E-state index >= 15 is 0 Å². The molecule has 0 atom stereocenters. The van der Waals surface area contributed by atoms with Crippen molar-refractivity contribution < 1.29 is 4.79 Å². The van der Waals surface area contributed by atoms with Crippen LogP contribution in [-0.4, -0.2) is 52.7 Å². The van der Waals surface area contributed by atoms with Crippen LogP contribution in [0.25, 0.3) is 22.0 Å². The molecule has 6 nitrogen and oxygen atoms in total. The number of hydrogen-bond acceptors (Lipinski definition) is 4. The monoisotopic (exact) mass is 417 g/mol. The van der Waals surface area contributed by atoms with Crippen molar-refractivity contribution >= 4 is 45.8 Å². The molecule has 3 aromatic rings. The zero-order valence-electron chi connectivity index (χ0n) is 15.6. The Morgan fingerprint density at radius 3 is 2.79 bits per heavy atom. The number of anilines is 1. The van der Waals surface area contributed by atoms with Gasteiger partial charge in [0.15, 0.2) is 0 Å². The first-order valence-corrected chi connectivity index (χ1v) is 10.1. The molecule has 0 spiro atoms. The van der Waals surface area contributed by atoms with Crippen molar-refractivity contribution in [3.63, 3.8) is 0 Å². The Bertz CT molecular complexity index is 999. The lowest BCUT2D eigenvalue weighted by molar-refractivity contribution is -0.129. The number of carbonyl (C=O) groups is 1. The zero-order valence-corrected chi connectivity index (χ0v) is 17.1. The van der Waals surface area contributed by atoms with Crippen LogP contribution in [0.3, 0.4) is 0 Å². The molecule has 3 heterocycles. The molecule has 2 aromatic heterocycles. The third-order valence-electron chi connectivity index (χ3n) is 5.18. The number of aromatic amines is 1. The summed E-state index contributed by atoms with van der Waals surface area (Å²) in [7, 11) is 1.93. The van der Waals surface area contributed by atoms with E-state index in [1.165, 1.54) is 0 Å². The lowest BCUT2D eigenvalue weighted by Gasteiger charge is -2.22. The van der Waals surface area contributed by atoms with E-state index in [4.69, 9.17) is 28.2 Å². The molecule has 0 saturated carbocycles. The highest BCUT2D eigenvalue weighted by atomic mass is 35.5. The summed E-state index contributed by atoms with van der Waals surface area (Å²) in [5.41, 5.74) is 2.54. The van der Waals surface area contributed by atoms with Crippen LogP contribution in [0.1, 0.15) is 19.3 Å². The number of amides is 1. The van der Waals surface area contributed by atoms with Gasteiger partial charge in [-0.3, -0.25) is 9.89 Å². The van der Waals surface area contributed by atoms with Crippen molar-refractivity contribution in [3.05, 3.63) is 40.6 Å². The summed E-state index contributed by atoms with van der Waals surface area (Å²) in [5.74, 6) is 0.934. The Morgan fingerprint density at radius 1 is 1.29 bits per heavy atom. The van der Waals surface area contributed by atoms with Gasteiger partial charge in [0.1, 0.15) is 5.82 Å². The standard InChI is InChI=1S/C20H21Cl2N5O/c1-26(9-6-18(28)27-7-2-3-8-27)17-10-15(13-11-23-24-12-13)14-4-5-16(21)19(22)20(14)25-17/h4-5,10-12H,2-3,6-9H2,1H3,(H,23,24). The summed E-state index contributed by atoms with van der Waals surface area (Å²) in [5, 5.41) is 8.69. The van der Waals surface area contributed by atoms with Gasteiger partial charge in [0, 0.05) is 50.2 Å². The quantitative estimate of drug-likeness (QED) is 0.668. The van der Waals surface area contributed by atoms with Crippen LogP contribution < -0.4 is 4.90 Å². The Hall–Kier alpha value is -2.31. The minimum absolute atomic E-state index is 0.196. The summed E-state index contributed by atoms with van der Waals surface area (Å²) in [6.45, 7) is 2.32. The van der Waals surface area contributed by atoms with Gasteiger partial charge >= 0.3 is 0 Å². The fourth-order valence-corrected chi connectivity index (χ4v) is 3.91. The van der Waals surface area contributed by atoms with E-state index in [2.05, 4.69) is 10.2 Å². The summed E-state index contributed by atoms with van der Waals surface area (Å²) in [6, 6.07) is 5.69. The van der Waals surface area contributed by atoms with Gasteiger partial charge < -0.3 is 9.80 Å². The van der Waals surface area contributed by atoms with Crippen LogP contribution in [0.2, 0.25) is 10.0 Å². The number of pyridine rings is 1. The molecule has 0 radical (unpaired) electrons. The number of likely N-dealkylation sites (tertiary alicyclic amines) is 1. The third kappa shape index (κ3) is 3.66. The molecule has 4 rings (SSSR count). The number of rotatable bonds is 5. The van der Waals surface area contributed by atoms with Gasteiger partial charge in [0.2, 0.25) is 5.91 Å².